The summed E-state index contributed by atoms with van der Waals surface area (Å²) in [6, 6.07) is 25.7. The Bertz CT molecular complexity index is 1590. The second-order valence-electron chi connectivity index (χ2n) is 13.3. The van der Waals surface area contributed by atoms with E-state index in [1.54, 1.807) is 0 Å². The smallest absolute Gasteiger partial charge is 0.303 e. The van der Waals surface area contributed by atoms with Crippen LogP contribution in [-0.2, 0) is 41.7 Å². The molecule has 1 spiro atoms. The van der Waals surface area contributed by atoms with Gasteiger partial charge in [0.1, 0.15) is 5.54 Å². The van der Waals surface area contributed by atoms with Gasteiger partial charge in [-0.15, -0.1) is 0 Å². The number of carbonyl (C=O) groups excluding carboxylic acids is 3. The van der Waals surface area contributed by atoms with Gasteiger partial charge in [-0.05, 0) is 48.6 Å². The Morgan fingerprint density at radius 3 is 2.29 bits per heavy atom. The summed E-state index contributed by atoms with van der Waals surface area (Å²) in [5.74, 6) is -0.749. The molecule has 6 rings (SSSR count). The number of nitrogens with one attached hydrogen (secondary N) is 2. The Morgan fingerprint density at radius 1 is 0.980 bits per heavy atom. The lowest BCUT2D eigenvalue weighted by Crippen LogP contribution is -2.57. The summed E-state index contributed by atoms with van der Waals surface area (Å²) in [5.41, 5.74) is 4.09. The highest BCUT2D eigenvalue weighted by atomic mass is 16.7. The van der Waals surface area contributed by atoms with Crippen molar-refractivity contribution >= 4 is 23.5 Å². The molecule has 0 bridgehead atoms. The molecule has 11 nitrogen and oxygen atoms in total. The number of hydrogen-bond donors (Lipinski definition) is 3. The lowest BCUT2D eigenvalue weighted by molar-refractivity contribution is -0.276. The Balaban J connectivity index is 1.15. The van der Waals surface area contributed by atoms with Crippen LogP contribution in [0.5, 0.6) is 0 Å². The molecule has 2 amide bonds. The number of para-hydroxylation sites is 1. The molecule has 5 atom stereocenters. The molecule has 0 aromatic heterocycles. The Kier molecular flexibility index (Phi) is 10.6. The van der Waals surface area contributed by atoms with E-state index in [1.165, 1.54) is 13.8 Å². The summed E-state index contributed by atoms with van der Waals surface area (Å²) < 4.78 is 18.3. The zero-order valence-corrected chi connectivity index (χ0v) is 28.3. The number of carbonyl (C=O) groups is 3. The third-order valence-electron chi connectivity index (χ3n) is 10.1. The predicted octanol–water partition coefficient (Wildman–Crippen LogP) is 3.97. The van der Waals surface area contributed by atoms with E-state index in [0.29, 0.717) is 13.2 Å². The monoisotopic (exact) mass is 670 g/mol. The number of amides is 2. The van der Waals surface area contributed by atoms with E-state index in [1.807, 2.05) is 66.7 Å². The molecular formula is C38H46N4O7. The number of nitrogens with zero attached hydrogens (tertiary/aromatic N) is 2. The predicted molar refractivity (Wildman–Crippen MR) is 183 cm³/mol. The normalized spacial score (nSPS) is 24.3. The summed E-state index contributed by atoms with van der Waals surface area (Å²) in [6.45, 7) is 7.96. The molecule has 3 heterocycles. The van der Waals surface area contributed by atoms with Crippen molar-refractivity contribution in [1.29, 1.82) is 0 Å². The molecule has 0 aliphatic carbocycles. The van der Waals surface area contributed by atoms with Crippen molar-refractivity contribution < 1.29 is 33.7 Å². The number of piperidine rings is 1. The van der Waals surface area contributed by atoms with Crippen molar-refractivity contribution in [3.8, 4) is 0 Å². The summed E-state index contributed by atoms with van der Waals surface area (Å²) in [4.78, 5) is 41.3. The third-order valence-corrected chi connectivity index (χ3v) is 10.1. The number of aliphatic hydroxyl groups is 1. The highest BCUT2D eigenvalue weighted by Crippen LogP contribution is 2.43. The lowest BCUT2D eigenvalue weighted by Gasteiger charge is -2.46. The zero-order chi connectivity index (χ0) is 34.5. The quantitative estimate of drug-likeness (QED) is 0.275. The summed E-state index contributed by atoms with van der Waals surface area (Å²) >= 11 is 0. The fourth-order valence-electron chi connectivity index (χ4n) is 7.15. The van der Waals surface area contributed by atoms with Gasteiger partial charge in [0.15, 0.2) is 12.4 Å². The average molecular weight is 671 g/mol. The van der Waals surface area contributed by atoms with Crippen LogP contribution in [0.15, 0.2) is 78.9 Å². The molecule has 49 heavy (non-hydrogen) atoms. The van der Waals surface area contributed by atoms with Crippen molar-refractivity contribution in [3.63, 3.8) is 0 Å². The Morgan fingerprint density at radius 2 is 1.63 bits per heavy atom. The maximum Gasteiger partial charge on any atom is 0.303 e. The van der Waals surface area contributed by atoms with Crippen molar-refractivity contribution in [2.45, 2.75) is 76.9 Å². The van der Waals surface area contributed by atoms with E-state index in [2.05, 4.69) is 39.5 Å². The number of likely N-dealkylation sites (tertiary alicyclic amines) is 1. The standard InChI is InChI=1S/C38H46N4O7/c1-25-33(22-41-19-17-38(18-20-41)37(46)40-24-42(38)32-7-5-4-6-8-32)48-36(49-34(25)30-13-11-29(23-43)12-14-30)31-15-9-28(10-16-31)21-39-35(45)26(2)47-27(3)44/h4-16,25-26,33-34,36,43H,17-24H2,1-3H3,(H,39,45)(H,40,46)/t25-,26-,33+,34+,36+/m0/s1. The van der Waals surface area contributed by atoms with Gasteiger partial charge in [0.2, 0.25) is 5.91 Å². The van der Waals surface area contributed by atoms with E-state index in [0.717, 1.165) is 53.9 Å². The van der Waals surface area contributed by atoms with Gasteiger partial charge in [0.05, 0.1) is 25.5 Å². The first kappa shape index (κ1) is 34.6. The molecule has 3 aliphatic rings. The van der Waals surface area contributed by atoms with Crippen LogP contribution in [0.3, 0.4) is 0 Å². The van der Waals surface area contributed by atoms with Crippen LogP contribution < -0.4 is 15.5 Å². The van der Waals surface area contributed by atoms with Crippen LogP contribution in [-0.4, -0.2) is 71.8 Å². The molecule has 3 saturated heterocycles. The first-order valence-electron chi connectivity index (χ1n) is 17.0. The fraction of sp³-hybridized carbons (Fsp3) is 0.447. The van der Waals surface area contributed by atoms with Crippen LogP contribution in [0, 0.1) is 5.92 Å². The fourth-order valence-corrected chi connectivity index (χ4v) is 7.15. The van der Waals surface area contributed by atoms with Crippen molar-refractivity contribution in [2.24, 2.45) is 5.92 Å². The number of hydrogen-bond acceptors (Lipinski definition) is 9. The van der Waals surface area contributed by atoms with Gasteiger partial charge >= 0.3 is 5.97 Å². The van der Waals surface area contributed by atoms with Gasteiger partial charge in [-0.3, -0.25) is 14.4 Å². The number of benzene rings is 3. The summed E-state index contributed by atoms with van der Waals surface area (Å²) in [7, 11) is 0. The van der Waals surface area contributed by atoms with Crippen molar-refractivity contribution in [1.82, 2.24) is 15.5 Å². The average Bonchev–Trinajstić information content (AvgIpc) is 3.43. The van der Waals surface area contributed by atoms with Gasteiger partial charge in [-0.2, -0.15) is 0 Å². The number of ether oxygens (including phenoxy) is 3. The minimum absolute atomic E-state index is 0.0245. The molecule has 0 saturated carbocycles. The van der Waals surface area contributed by atoms with Crippen LogP contribution in [0.4, 0.5) is 5.69 Å². The van der Waals surface area contributed by atoms with Crippen LogP contribution in [0.25, 0.3) is 0 Å². The van der Waals surface area contributed by atoms with Crippen LogP contribution in [0.2, 0.25) is 0 Å². The molecule has 3 aliphatic heterocycles. The molecule has 3 fully saturated rings. The number of anilines is 1. The number of rotatable bonds is 10. The van der Waals surface area contributed by atoms with Crippen LogP contribution >= 0.6 is 0 Å². The van der Waals surface area contributed by atoms with Gasteiger partial charge in [-0.1, -0.05) is 73.7 Å². The van der Waals surface area contributed by atoms with E-state index >= 15 is 0 Å². The first-order chi connectivity index (χ1) is 23.7. The molecule has 3 N–H and O–H groups in total. The minimum atomic E-state index is -0.869. The SMILES string of the molecule is CC(=O)O[C@@H](C)C(=O)NCc1ccc([C@@H]2O[C@H](CN3CCC4(CC3)C(=O)NCN4c3ccccc3)[C@H](C)[C@H](c3ccc(CO)cc3)O2)cc1. The number of esters is 1. The summed E-state index contributed by atoms with van der Waals surface area (Å²) in [5, 5.41) is 15.5. The molecule has 3 aromatic rings. The minimum Gasteiger partial charge on any atom is -0.453 e. The molecule has 0 radical (unpaired) electrons. The second-order valence-corrected chi connectivity index (χ2v) is 13.3. The molecule has 3 aromatic carbocycles. The Labute approximate surface area is 287 Å². The Hall–Kier alpha value is -4.29. The van der Waals surface area contributed by atoms with Crippen molar-refractivity contribution in [2.75, 3.05) is 31.2 Å². The first-order valence-corrected chi connectivity index (χ1v) is 17.0. The summed E-state index contributed by atoms with van der Waals surface area (Å²) in [6.07, 6.45) is -0.451. The maximum absolute atomic E-state index is 13.2. The van der Waals surface area contributed by atoms with Gasteiger partial charge in [-0.25, -0.2) is 0 Å². The second kappa shape index (κ2) is 15.1. The highest BCUT2D eigenvalue weighted by molar-refractivity contribution is 5.93. The van der Waals surface area contributed by atoms with E-state index in [-0.39, 0.29) is 43.1 Å². The highest BCUT2D eigenvalue weighted by Gasteiger charge is 2.51. The zero-order valence-electron chi connectivity index (χ0n) is 28.3. The molecule has 260 valence electrons. The van der Waals surface area contributed by atoms with Gasteiger partial charge < -0.3 is 39.8 Å². The largest absolute Gasteiger partial charge is 0.453 e. The van der Waals surface area contributed by atoms with E-state index in [4.69, 9.17) is 14.2 Å². The lowest BCUT2D eigenvalue weighted by atomic mass is 9.84. The molecular weight excluding hydrogens is 624 g/mol. The van der Waals surface area contributed by atoms with Crippen LogP contribution in [0.1, 0.15) is 68.3 Å². The number of aliphatic hydroxyl groups excluding tert-OH is 1. The van der Waals surface area contributed by atoms with Gasteiger partial charge in [0.25, 0.3) is 5.91 Å². The topological polar surface area (TPSA) is 130 Å². The van der Waals surface area contributed by atoms with Crippen molar-refractivity contribution in [3.05, 3.63) is 101 Å². The van der Waals surface area contributed by atoms with E-state index in [9.17, 15) is 19.5 Å². The third kappa shape index (κ3) is 7.65. The molecule has 0 unspecified atom stereocenters. The van der Waals surface area contributed by atoms with Gasteiger partial charge in [0, 0.05) is 50.3 Å². The molecule has 11 heteroatoms. The van der Waals surface area contributed by atoms with E-state index < -0.39 is 23.9 Å². The maximum atomic E-state index is 13.2.